The van der Waals surface area contributed by atoms with E-state index in [-0.39, 0.29) is 5.82 Å². The van der Waals surface area contributed by atoms with Crippen LogP contribution in [0.25, 0.3) is 0 Å². The Hall–Kier alpha value is -3.01. The topological polar surface area (TPSA) is 59.7 Å². The molecular formula is C33H52F3N7. The number of piperazine rings is 1. The van der Waals surface area contributed by atoms with Gasteiger partial charge in [0, 0.05) is 45.0 Å². The Kier molecular flexibility index (Phi) is 16.2. The first kappa shape index (κ1) is 36.2. The maximum atomic E-state index is 13.3. The van der Waals surface area contributed by atoms with Crippen molar-refractivity contribution in [2.45, 2.75) is 98.2 Å². The van der Waals surface area contributed by atoms with E-state index in [4.69, 9.17) is 0 Å². The van der Waals surface area contributed by atoms with Crippen molar-refractivity contribution in [1.29, 1.82) is 0 Å². The Balaban J connectivity index is 0.000000415. The highest BCUT2D eigenvalue weighted by atomic mass is 19.4. The average molecular weight is 604 g/mol. The van der Waals surface area contributed by atoms with Crippen LogP contribution in [0, 0.1) is 0 Å². The molecule has 10 heteroatoms. The SMILES string of the molecule is C=N/C=N\C(=N/CN1CCCCC1C)N1CCN(c2ncccc2C(F)(F)F)CC1.CC.CC/C1=C/C/C=C(/C)CCC1. The van der Waals surface area contributed by atoms with Gasteiger partial charge in [0.15, 0.2) is 0 Å². The van der Waals surface area contributed by atoms with Crippen LogP contribution in [0.3, 0.4) is 0 Å². The Morgan fingerprint density at radius 2 is 1.81 bits per heavy atom. The summed E-state index contributed by atoms with van der Waals surface area (Å²) < 4.78 is 40.0. The number of aliphatic imine (C=N–C) groups is 3. The van der Waals surface area contributed by atoms with Gasteiger partial charge in [-0.3, -0.25) is 9.89 Å². The third kappa shape index (κ3) is 12.3. The number of anilines is 1. The standard InChI is InChI=1S/C20H28F3N7.C11H18.C2H6/c1-16-6-3-4-9-30(16)15-27-19(26-14-24-2)29-12-10-28(11-13-29)18-17(20(21,22)23)7-5-8-25-18;1-3-11-8-4-6-10(2)7-5-9-11;1-2/h5,7-8,14,16H,2-4,6,9-13,15H2,1H3;6,8H,3-5,7,9H2,1-2H3;1-2H3/b26-14-,27-19+;10-6-,11-8-;. The molecule has 0 bridgehead atoms. The third-order valence-electron chi connectivity index (χ3n) is 7.94. The molecule has 0 aromatic carbocycles. The van der Waals surface area contributed by atoms with Crippen LogP contribution in [0.15, 0.2) is 56.6 Å². The number of alkyl halides is 3. The molecule has 2 saturated heterocycles. The van der Waals surface area contributed by atoms with Gasteiger partial charge in [-0.05, 0) is 77.6 Å². The predicted octanol–water partition coefficient (Wildman–Crippen LogP) is 8.01. The van der Waals surface area contributed by atoms with Crippen LogP contribution >= 0.6 is 0 Å². The number of nitrogens with zero attached hydrogens (tertiary/aromatic N) is 7. The molecule has 2 aliphatic heterocycles. The highest BCUT2D eigenvalue weighted by Crippen LogP contribution is 2.35. The lowest BCUT2D eigenvalue weighted by Gasteiger charge is -2.37. The normalized spacial score (nSPS) is 23.0. The molecule has 240 valence electrons. The number of piperidine rings is 1. The summed E-state index contributed by atoms with van der Waals surface area (Å²) in [5.41, 5.74) is 2.51. The zero-order valence-corrected chi connectivity index (χ0v) is 26.9. The van der Waals surface area contributed by atoms with E-state index in [1.807, 2.05) is 18.7 Å². The fraction of sp³-hybridized carbons (Fsp3) is 0.636. The Morgan fingerprint density at radius 3 is 2.47 bits per heavy atom. The summed E-state index contributed by atoms with van der Waals surface area (Å²) in [6.07, 6.45) is 13.0. The average Bonchev–Trinajstić information content (AvgIpc) is 3.01. The highest BCUT2D eigenvalue weighted by Gasteiger charge is 2.36. The van der Waals surface area contributed by atoms with Gasteiger partial charge in [0.05, 0.1) is 12.2 Å². The van der Waals surface area contributed by atoms with E-state index in [0.29, 0.717) is 44.8 Å². The number of pyridine rings is 1. The van der Waals surface area contributed by atoms with E-state index in [9.17, 15) is 13.2 Å². The maximum absolute atomic E-state index is 13.3. The van der Waals surface area contributed by atoms with Crippen LogP contribution in [0.1, 0.15) is 91.5 Å². The van der Waals surface area contributed by atoms with Gasteiger partial charge in [0.1, 0.15) is 12.2 Å². The molecule has 4 rings (SSSR count). The van der Waals surface area contributed by atoms with Crippen molar-refractivity contribution in [1.82, 2.24) is 14.8 Å². The number of rotatable bonds is 5. The van der Waals surface area contributed by atoms with Crippen molar-refractivity contribution >= 4 is 24.8 Å². The van der Waals surface area contributed by atoms with Crippen molar-refractivity contribution in [3.05, 3.63) is 47.2 Å². The molecule has 0 amide bonds. The molecule has 3 aliphatic rings. The molecule has 3 heterocycles. The summed E-state index contributed by atoms with van der Waals surface area (Å²) in [7, 11) is 0. The molecule has 0 saturated carbocycles. The molecule has 1 atom stereocenters. The summed E-state index contributed by atoms with van der Waals surface area (Å²) in [5, 5.41) is 0. The minimum absolute atomic E-state index is 0.0264. The van der Waals surface area contributed by atoms with Gasteiger partial charge in [0.2, 0.25) is 5.96 Å². The maximum Gasteiger partial charge on any atom is 0.419 e. The van der Waals surface area contributed by atoms with Gasteiger partial charge < -0.3 is 9.80 Å². The lowest BCUT2D eigenvalue weighted by Crippen LogP contribution is -2.49. The van der Waals surface area contributed by atoms with E-state index in [1.54, 1.807) is 16.0 Å². The Bertz CT molecular complexity index is 1090. The third-order valence-corrected chi connectivity index (χ3v) is 7.94. The number of likely N-dealkylation sites (tertiary alicyclic amines) is 1. The quantitative estimate of drug-likeness (QED) is 0.194. The van der Waals surface area contributed by atoms with E-state index < -0.39 is 11.7 Å². The molecule has 1 aromatic heterocycles. The van der Waals surface area contributed by atoms with Gasteiger partial charge in [0.25, 0.3) is 0 Å². The lowest BCUT2D eigenvalue weighted by atomic mass is 9.99. The summed E-state index contributed by atoms with van der Waals surface area (Å²) in [5.74, 6) is 0.512. The molecule has 0 spiro atoms. The molecule has 1 unspecified atom stereocenters. The van der Waals surface area contributed by atoms with Crippen molar-refractivity contribution in [2.24, 2.45) is 15.0 Å². The van der Waals surface area contributed by atoms with Gasteiger partial charge in [-0.25, -0.2) is 15.0 Å². The summed E-state index contributed by atoms with van der Waals surface area (Å²) in [6, 6.07) is 2.86. The fourth-order valence-electron chi connectivity index (χ4n) is 5.37. The second-order valence-electron chi connectivity index (χ2n) is 10.9. The molecule has 2 fully saturated rings. The van der Waals surface area contributed by atoms with E-state index in [2.05, 4.69) is 64.5 Å². The van der Waals surface area contributed by atoms with Gasteiger partial charge >= 0.3 is 6.18 Å². The minimum Gasteiger partial charge on any atom is -0.353 e. The van der Waals surface area contributed by atoms with Crippen molar-refractivity contribution < 1.29 is 13.2 Å². The number of hydrogen-bond donors (Lipinski definition) is 0. The molecular weight excluding hydrogens is 551 g/mol. The number of halogens is 3. The largest absolute Gasteiger partial charge is 0.419 e. The minimum atomic E-state index is -4.43. The second-order valence-corrected chi connectivity index (χ2v) is 10.9. The van der Waals surface area contributed by atoms with Gasteiger partial charge in [-0.15, -0.1) is 0 Å². The summed E-state index contributed by atoms with van der Waals surface area (Å²) in [6.45, 7) is 17.5. The first-order valence-corrected chi connectivity index (χ1v) is 15.9. The van der Waals surface area contributed by atoms with Crippen molar-refractivity contribution in [2.75, 3.05) is 44.3 Å². The molecule has 43 heavy (non-hydrogen) atoms. The molecule has 0 radical (unpaired) electrons. The van der Waals surface area contributed by atoms with Crippen molar-refractivity contribution in [3.63, 3.8) is 0 Å². The first-order valence-electron chi connectivity index (χ1n) is 15.9. The lowest BCUT2D eigenvalue weighted by molar-refractivity contribution is -0.137. The molecule has 1 aliphatic carbocycles. The Morgan fingerprint density at radius 1 is 1.07 bits per heavy atom. The van der Waals surface area contributed by atoms with E-state index in [1.165, 1.54) is 50.7 Å². The summed E-state index contributed by atoms with van der Waals surface area (Å²) >= 11 is 0. The smallest absolute Gasteiger partial charge is 0.353 e. The zero-order chi connectivity index (χ0) is 31.7. The number of aromatic nitrogens is 1. The second kappa shape index (κ2) is 19.3. The predicted molar refractivity (Wildman–Crippen MR) is 175 cm³/mol. The van der Waals surface area contributed by atoms with Crippen LogP contribution in [-0.4, -0.2) is 79.2 Å². The molecule has 0 N–H and O–H groups in total. The van der Waals surface area contributed by atoms with E-state index >= 15 is 0 Å². The van der Waals surface area contributed by atoms with Crippen LogP contribution in [0.2, 0.25) is 0 Å². The number of guanidine groups is 1. The van der Waals surface area contributed by atoms with Crippen LogP contribution in [0.4, 0.5) is 19.0 Å². The van der Waals surface area contributed by atoms with Gasteiger partial charge in [-0.1, -0.05) is 50.5 Å². The Labute approximate surface area is 257 Å². The van der Waals surface area contributed by atoms with Crippen LogP contribution < -0.4 is 4.90 Å². The van der Waals surface area contributed by atoms with E-state index in [0.717, 1.165) is 31.9 Å². The summed E-state index contributed by atoms with van der Waals surface area (Å²) in [4.78, 5) is 22.6. The highest BCUT2D eigenvalue weighted by molar-refractivity contribution is 5.88. The monoisotopic (exact) mass is 603 g/mol. The number of allylic oxidation sites excluding steroid dienone is 4. The van der Waals surface area contributed by atoms with Crippen molar-refractivity contribution in [3.8, 4) is 0 Å². The van der Waals surface area contributed by atoms with Gasteiger partial charge in [-0.2, -0.15) is 13.2 Å². The first-order chi connectivity index (χ1) is 20.7. The number of hydrogen-bond acceptors (Lipinski definition) is 4. The van der Waals surface area contributed by atoms with Crippen LogP contribution in [-0.2, 0) is 6.18 Å². The molecule has 7 nitrogen and oxygen atoms in total. The zero-order valence-electron chi connectivity index (χ0n) is 26.9. The fourth-order valence-corrected chi connectivity index (χ4v) is 5.37. The van der Waals surface area contributed by atoms with Crippen LogP contribution in [0.5, 0.6) is 0 Å². The molecule has 1 aromatic rings.